The molecule has 11 aromatic carbocycles. The van der Waals surface area contributed by atoms with Gasteiger partial charge in [0.2, 0.25) is 0 Å². The van der Waals surface area contributed by atoms with E-state index in [1.54, 1.807) is 0 Å². The molecule has 0 saturated carbocycles. The average molecular weight is 908 g/mol. The van der Waals surface area contributed by atoms with Crippen molar-refractivity contribution in [3.8, 4) is 73.0 Å². The van der Waals surface area contributed by atoms with Crippen LogP contribution >= 0.6 is 11.3 Å². The lowest BCUT2D eigenvalue weighted by Crippen LogP contribution is -1.96. The van der Waals surface area contributed by atoms with E-state index in [1.807, 2.05) is 11.3 Å². The number of aromatic nitrogens is 3. The quantitative estimate of drug-likeness (QED) is 0.160. The number of hydrogen-bond donors (Lipinski definition) is 0. The highest BCUT2D eigenvalue weighted by Gasteiger charge is 2.16. The monoisotopic (exact) mass is 907 g/mol. The van der Waals surface area contributed by atoms with Gasteiger partial charge in [0.1, 0.15) is 0 Å². The number of thiophene rings is 1. The molecular weight excluding hydrogens is 867 g/mol. The summed E-state index contributed by atoms with van der Waals surface area (Å²) in [7, 11) is 0. The fraction of sp³-hybridized carbons (Fsp3) is 0. The van der Waals surface area contributed by atoms with Crippen molar-refractivity contribution in [2.75, 3.05) is 0 Å². The number of hydrogen-bond acceptors (Lipinski definition) is 3. The van der Waals surface area contributed by atoms with E-state index >= 15 is 0 Å². The minimum Gasteiger partial charge on any atom is -0.309 e. The number of benzene rings is 11. The Morgan fingerprint density at radius 3 is 1.71 bits per heavy atom. The van der Waals surface area contributed by atoms with Crippen LogP contribution in [-0.2, 0) is 0 Å². The third-order valence-corrected chi connectivity index (χ3v) is 15.1. The second-order valence-corrected chi connectivity index (χ2v) is 19.2. The summed E-state index contributed by atoms with van der Waals surface area (Å²) < 4.78 is 4.89. The highest BCUT2D eigenvalue weighted by atomic mass is 32.1. The number of nitrogens with zero attached hydrogens (tertiary/aromatic N) is 3. The molecular formula is C66H41N3S. The van der Waals surface area contributed by atoms with E-state index in [0.717, 1.165) is 56.0 Å². The predicted molar refractivity (Wildman–Crippen MR) is 297 cm³/mol. The first kappa shape index (κ1) is 40.1. The minimum absolute atomic E-state index is 0.690. The third-order valence-electron chi connectivity index (χ3n) is 14.0. The van der Waals surface area contributed by atoms with Crippen LogP contribution in [0.2, 0.25) is 0 Å². The number of fused-ring (bicyclic) bond motifs is 8. The summed E-state index contributed by atoms with van der Waals surface area (Å²) in [5.41, 5.74) is 15.5. The normalized spacial score (nSPS) is 11.7. The van der Waals surface area contributed by atoms with Gasteiger partial charge in [-0.2, -0.15) is 0 Å². The Bertz CT molecular complexity index is 4350. The first-order valence-electron chi connectivity index (χ1n) is 23.8. The number of para-hydroxylation sites is 2. The van der Waals surface area contributed by atoms with Crippen LogP contribution in [0.5, 0.6) is 0 Å². The Morgan fingerprint density at radius 2 is 0.857 bits per heavy atom. The Hall–Kier alpha value is -8.96. The van der Waals surface area contributed by atoms with Gasteiger partial charge in [-0.05, 0) is 122 Å². The summed E-state index contributed by atoms with van der Waals surface area (Å²) in [5, 5.41) is 9.97. The molecule has 0 aliphatic carbocycles. The molecule has 70 heavy (non-hydrogen) atoms. The van der Waals surface area contributed by atoms with Crippen LogP contribution in [0.15, 0.2) is 249 Å². The van der Waals surface area contributed by atoms with E-state index in [2.05, 4.69) is 253 Å². The zero-order valence-corrected chi connectivity index (χ0v) is 38.7. The second-order valence-electron chi connectivity index (χ2n) is 18.2. The van der Waals surface area contributed by atoms with Crippen LogP contribution in [0.3, 0.4) is 0 Å². The second kappa shape index (κ2) is 16.4. The molecule has 0 aliphatic heterocycles. The Balaban J connectivity index is 0.844. The predicted octanol–water partition coefficient (Wildman–Crippen LogP) is 18.2. The van der Waals surface area contributed by atoms with Crippen molar-refractivity contribution in [3.63, 3.8) is 0 Å². The molecule has 0 amide bonds. The lowest BCUT2D eigenvalue weighted by Gasteiger charge is -2.12. The molecule has 14 aromatic rings. The zero-order valence-electron chi connectivity index (χ0n) is 37.9. The maximum atomic E-state index is 5.34. The molecule has 3 heterocycles. The molecule has 0 atom stereocenters. The number of rotatable bonds is 7. The van der Waals surface area contributed by atoms with Crippen LogP contribution in [0, 0.1) is 0 Å². The zero-order chi connectivity index (χ0) is 46.1. The Kier molecular flexibility index (Phi) is 9.39. The van der Waals surface area contributed by atoms with E-state index in [4.69, 9.17) is 9.97 Å². The summed E-state index contributed by atoms with van der Waals surface area (Å²) in [6.45, 7) is 0. The van der Waals surface area contributed by atoms with Crippen molar-refractivity contribution in [3.05, 3.63) is 249 Å². The average Bonchev–Trinajstić information content (AvgIpc) is 3.98. The van der Waals surface area contributed by atoms with E-state index < -0.39 is 0 Å². The molecule has 4 heteroatoms. The van der Waals surface area contributed by atoms with Gasteiger partial charge < -0.3 is 4.57 Å². The van der Waals surface area contributed by atoms with E-state index in [9.17, 15) is 0 Å². The van der Waals surface area contributed by atoms with Gasteiger partial charge in [0.05, 0.1) is 22.4 Å². The van der Waals surface area contributed by atoms with Gasteiger partial charge in [0.25, 0.3) is 0 Å². The lowest BCUT2D eigenvalue weighted by atomic mass is 9.94. The molecule has 0 aliphatic rings. The van der Waals surface area contributed by atoms with Crippen molar-refractivity contribution in [2.24, 2.45) is 0 Å². The smallest absolute Gasteiger partial charge is 0.160 e. The first-order valence-corrected chi connectivity index (χ1v) is 24.6. The standard InChI is InChI=1S/C66H41N3S/c1-2-16-53(17-3-1)69-62-22-8-6-19-56(62)59-39-49(33-35-63(59)69)42-24-26-44(27-25-42)66-67-60(41-61(68-66)52-32-34-58-57-20-7-9-23-64(57)70-65(58)40-52)51-15-10-14-45(38-51)46-28-29-48-37-50(31-30-47(48)36-46)55-21-11-13-43-12-4-5-18-54(43)55/h1-41H. The van der Waals surface area contributed by atoms with Crippen molar-refractivity contribution in [2.45, 2.75) is 0 Å². The molecule has 14 rings (SSSR count). The minimum atomic E-state index is 0.690. The lowest BCUT2D eigenvalue weighted by molar-refractivity contribution is 1.18. The molecule has 3 nitrogen and oxygen atoms in total. The largest absolute Gasteiger partial charge is 0.309 e. The van der Waals surface area contributed by atoms with Crippen molar-refractivity contribution < 1.29 is 0 Å². The maximum Gasteiger partial charge on any atom is 0.160 e. The topological polar surface area (TPSA) is 30.7 Å². The molecule has 0 N–H and O–H groups in total. The summed E-state index contributed by atoms with van der Waals surface area (Å²) in [4.78, 5) is 10.7. The van der Waals surface area contributed by atoms with Crippen LogP contribution in [0.1, 0.15) is 0 Å². The van der Waals surface area contributed by atoms with Crippen molar-refractivity contribution in [1.82, 2.24) is 14.5 Å². The Labute approximate surface area is 408 Å². The fourth-order valence-electron chi connectivity index (χ4n) is 10.5. The van der Waals surface area contributed by atoms with Crippen LogP contribution < -0.4 is 0 Å². The molecule has 0 unspecified atom stereocenters. The van der Waals surface area contributed by atoms with Gasteiger partial charge in [-0.15, -0.1) is 11.3 Å². The summed E-state index contributed by atoms with van der Waals surface area (Å²) in [6.07, 6.45) is 0. The molecule has 0 radical (unpaired) electrons. The van der Waals surface area contributed by atoms with Gasteiger partial charge in [0, 0.05) is 53.3 Å². The molecule has 0 spiro atoms. The van der Waals surface area contributed by atoms with E-state index in [1.165, 1.54) is 74.6 Å². The summed E-state index contributed by atoms with van der Waals surface area (Å²) in [5.74, 6) is 0.690. The van der Waals surface area contributed by atoms with Crippen LogP contribution in [0.25, 0.3) is 136 Å². The third kappa shape index (κ3) is 6.88. The van der Waals surface area contributed by atoms with Gasteiger partial charge in [-0.3, -0.25) is 0 Å². The molecule has 3 aromatic heterocycles. The first-order chi connectivity index (χ1) is 34.6. The van der Waals surface area contributed by atoms with Gasteiger partial charge in [0.15, 0.2) is 5.82 Å². The van der Waals surface area contributed by atoms with Crippen LogP contribution in [0.4, 0.5) is 0 Å². The molecule has 0 bridgehead atoms. The fourth-order valence-corrected chi connectivity index (χ4v) is 11.7. The van der Waals surface area contributed by atoms with Gasteiger partial charge >= 0.3 is 0 Å². The summed E-state index contributed by atoms with van der Waals surface area (Å²) in [6, 6.07) is 90.0. The van der Waals surface area contributed by atoms with Gasteiger partial charge in [-0.25, -0.2) is 9.97 Å². The summed E-state index contributed by atoms with van der Waals surface area (Å²) >= 11 is 1.83. The molecule has 0 saturated heterocycles. The van der Waals surface area contributed by atoms with E-state index in [0.29, 0.717) is 5.82 Å². The van der Waals surface area contributed by atoms with E-state index in [-0.39, 0.29) is 0 Å². The Morgan fingerprint density at radius 1 is 0.286 bits per heavy atom. The highest BCUT2D eigenvalue weighted by molar-refractivity contribution is 7.25. The SMILES string of the molecule is c1ccc(-n2c3ccccc3c3cc(-c4ccc(-c5nc(-c6cccc(-c7ccc8cc(-c9cccc%10ccccc9%10)ccc8c7)c6)cc(-c6ccc7c(c6)sc6ccccc67)n5)cc4)ccc32)cc1. The molecule has 0 fully saturated rings. The van der Waals surface area contributed by atoms with Gasteiger partial charge in [-0.1, -0.05) is 182 Å². The van der Waals surface area contributed by atoms with Crippen molar-refractivity contribution >= 4 is 74.9 Å². The molecule has 326 valence electrons. The maximum absolute atomic E-state index is 5.34. The highest BCUT2D eigenvalue weighted by Crippen LogP contribution is 2.40. The van der Waals surface area contributed by atoms with Crippen LogP contribution in [-0.4, -0.2) is 14.5 Å². The van der Waals surface area contributed by atoms with Crippen molar-refractivity contribution in [1.29, 1.82) is 0 Å².